The average Bonchev–Trinajstić information content (AvgIpc) is 2.69. The molecule has 1 aliphatic rings. The van der Waals surface area contributed by atoms with Crippen LogP contribution < -0.4 is 5.32 Å². The third kappa shape index (κ3) is 3.54. The van der Waals surface area contributed by atoms with Gasteiger partial charge in [-0.15, -0.1) is 0 Å². The Balaban J connectivity index is 1.66. The van der Waals surface area contributed by atoms with Crippen molar-refractivity contribution in [3.63, 3.8) is 0 Å². The predicted molar refractivity (Wildman–Crippen MR) is 102 cm³/mol. The number of rotatable bonds is 4. The van der Waals surface area contributed by atoms with Gasteiger partial charge in [0.1, 0.15) is 17.5 Å². The van der Waals surface area contributed by atoms with E-state index in [1.807, 2.05) is 18.2 Å². The van der Waals surface area contributed by atoms with Crippen molar-refractivity contribution >= 4 is 21.7 Å². The molecular formula is C19H19N5O2S. The van der Waals surface area contributed by atoms with Gasteiger partial charge in [-0.25, -0.2) is 23.4 Å². The van der Waals surface area contributed by atoms with Crippen molar-refractivity contribution in [2.45, 2.75) is 24.8 Å². The third-order valence-corrected chi connectivity index (χ3v) is 6.29. The molecule has 1 aromatic carbocycles. The SMILES string of the molecule is Cc1nc2c(c(Nc3ccccn3)n1)CCN(S(=O)(=O)c1ccccc1)C2. The molecule has 0 unspecified atom stereocenters. The number of nitrogens with zero attached hydrogens (tertiary/aromatic N) is 4. The first-order chi connectivity index (χ1) is 13.0. The fourth-order valence-corrected chi connectivity index (χ4v) is 4.56. The van der Waals surface area contributed by atoms with Gasteiger partial charge in [-0.05, 0) is 37.6 Å². The van der Waals surface area contributed by atoms with Crippen LogP contribution in [0.15, 0.2) is 59.6 Å². The molecule has 0 aliphatic carbocycles. The summed E-state index contributed by atoms with van der Waals surface area (Å²) in [6.07, 6.45) is 2.24. The molecular weight excluding hydrogens is 362 g/mol. The normalized spacial score (nSPS) is 14.6. The van der Waals surface area contributed by atoms with Crippen LogP contribution in [0, 0.1) is 6.92 Å². The van der Waals surface area contributed by atoms with Crippen LogP contribution in [-0.2, 0) is 23.0 Å². The molecule has 8 heteroatoms. The first kappa shape index (κ1) is 17.6. The first-order valence-electron chi connectivity index (χ1n) is 8.64. The number of benzene rings is 1. The van der Waals surface area contributed by atoms with Crippen LogP contribution in [0.1, 0.15) is 17.1 Å². The van der Waals surface area contributed by atoms with Gasteiger partial charge >= 0.3 is 0 Å². The fraction of sp³-hybridized carbons (Fsp3) is 0.211. The van der Waals surface area contributed by atoms with E-state index in [0.29, 0.717) is 35.3 Å². The standard InChI is InChI=1S/C19H19N5O2S/c1-14-21-17-13-24(27(25,26)15-7-3-2-4-8-15)12-10-16(17)19(22-14)23-18-9-5-6-11-20-18/h2-9,11H,10,12-13H2,1H3,(H,20,21,22,23). The highest BCUT2D eigenvalue weighted by atomic mass is 32.2. The van der Waals surface area contributed by atoms with E-state index >= 15 is 0 Å². The lowest BCUT2D eigenvalue weighted by atomic mass is 10.1. The maximum atomic E-state index is 12.9. The van der Waals surface area contributed by atoms with Crippen molar-refractivity contribution < 1.29 is 8.42 Å². The van der Waals surface area contributed by atoms with E-state index in [0.717, 1.165) is 11.3 Å². The van der Waals surface area contributed by atoms with E-state index in [1.54, 1.807) is 43.5 Å². The predicted octanol–water partition coefficient (Wildman–Crippen LogP) is 2.67. The molecule has 2 aromatic heterocycles. The van der Waals surface area contributed by atoms with Crippen LogP contribution >= 0.6 is 0 Å². The number of pyridine rings is 1. The zero-order valence-corrected chi connectivity index (χ0v) is 15.6. The Labute approximate surface area is 158 Å². The molecule has 138 valence electrons. The Morgan fingerprint density at radius 1 is 1.04 bits per heavy atom. The molecule has 0 fully saturated rings. The van der Waals surface area contributed by atoms with Crippen molar-refractivity contribution in [1.29, 1.82) is 0 Å². The lowest BCUT2D eigenvalue weighted by molar-refractivity contribution is 0.384. The topological polar surface area (TPSA) is 88.1 Å². The molecule has 0 amide bonds. The summed E-state index contributed by atoms with van der Waals surface area (Å²) in [4.78, 5) is 13.6. The van der Waals surface area contributed by atoms with Gasteiger partial charge < -0.3 is 5.32 Å². The largest absolute Gasteiger partial charge is 0.325 e. The molecule has 1 aliphatic heterocycles. The van der Waals surface area contributed by atoms with Crippen LogP contribution in [0.2, 0.25) is 0 Å². The molecule has 1 N–H and O–H groups in total. The Bertz CT molecular complexity index is 1060. The summed E-state index contributed by atoms with van der Waals surface area (Å²) in [7, 11) is -3.55. The molecule has 0 atom stereocenters. The minimum atomic E-state index is -3.55. The highest BCUT2D eigenvalue weighted by Gasteiger charge is 2.30. The molecule has 4 rings (SSSR count). The number of hydrogen-bond acceptors (Lipinski definition) is 6. The van der Waals surface area contributed by atoms with Crippen molar-refractivity contribution in [3.8, 4) is 0 Å². The summed E-state index contributed by atoms with van der Waals surface area (Å²) < 4.78 is 27.3. The van der Waals surface area contributed by atoms with Gasteiger partial charge in [0.15, 0.2) is 0 Å². The lowest BCUT2D eigenvalue weighted by Gasteiger charge is -2.28. The van der Waals surface area contributed by atoms with E-state index in [1.165, 1.54) is 4.31 Å². The van der Waals surface area contributed by atoms with Crippen molar-refractivity contribution in [2.75, 3.05) is 11.9 Å². The zero-order chi connectivity index (χ0) is 18.9. The number of aromatic nitrogens is 3. The quantitative estimate of drug-likeness (QED) is 0.747. The molecule has 0 bridgehead atoms. The summed E-state index contributed by atoms with van der Waals surface area (Å²) in [5, 5.41) is 3.23. The summed E-state index contributed by atoms with van der Waals surface area (Å²) in [6.45, 7) is 2.41. The molecule has 7 nitrogen and oxygen atoms in total. The highest BCUT2D eigenvalue weighted by Crippen LogP contribution is 2.28. The molecule has 0 saturated heterocycles. The van der Waals surface area contributed by atoms with Crippen LogP contribution in [0.25, 0.3) is 0 Å². The van der Waals surface area contributed by atoms with E-state index in [2.05, 4.69) is 20.3 Å². The van der Waals surface area contributed by atoms with Gasteiger partial charge in [-0.2, -0.15) is 4.31 Å². The second-order valence-corrected chi connectivity index (χ2v) is 8.22. The number of aryl methyl sites for hydroxylation is 1. The minimum absolute atomic E-state index is 0.229. The summed E-state index contributed by atoms with van der Waals surface area (Å²) in [5.74, 6) is 1.97. The van der Waals surface area contributed by atoms with Gasteiger partial charge in [0.25, 0.3) is 0 Å². The molecule has 27 heavy (non-hydrogen) atoms. The Morgan fingerprint density at radius 3 is 2.56 bits per heavy atom. The second-order valence-electron chi connectivity index (χ2n) is 6.29. The molecule has 3 aromatic rings. The summed E-state index contributed by atoms with van der Waals surface area (Å²) in [6, 6.07) is 14.1. The second kappa shape index (κ2) is 7.05. The van der Waals surface area contributed by atoms with Crippen LogP contribution in [0.3, 0.4) is 0 Å². The van der Waals surface area contributed by atoms with Gasteiger partial charge in [-0.1, -0.05) is 24.3 Å². The van der Waals surface area contributed by atoms with Crippen molar-refractivity contribution in [3.05, 3.63) is 71.8 Å². The van der Waals surface area contributed by atoms with E-state index in [-0.39, 0.29) is 6.54 Å². The van der Waals surface area contributed by atoms with Crippen LogP contribution in [0.5, 0.6) is 0 Å². The van der Waals surface area contributed by atoms with Gasteiger partial charge in [0.05, 0.1) is 17.1 Å². The van der Waals surface area contributed by atoms with Crippen molar-refractivity contribution in [1.82, 2.24) is 19.3 Å². The number of nitrogens with one attached hydrogen (secondary N) is 1. The molecule has 3 heterocycles. The summed E-state index contributed by atoms with van der Waals surface area (Å²) in [5.41, 5.74) is 1.66. The minimum Gasteiger partial charge on any atom is -0.325 e. The number of fused-ring (bicyclic) bond motifs is 1. The third-order valence-electron chi connectivity index (χ3n) is 4.43. The maximum Gasteiger partial charge on any atom is 0.243 e. The van der Waals surface area contributed by atoms with Crippen molar-refractivity contribution in [2.24, 2.45) is 0 Å². The average molecular weight is 381 g/mol. The van der Waals surface area contributed by atoms with Crippen LogP contribution in [0.4, 0.5) is 11.6 Å². The molecule has 0 saturated carbocycles. The van der Waals surface area contributed by atoms with Gasteiger partial charge in [0, 0.05) is 18.3 Å². The Kier molecular flexibility index (Phi) is 4.59. The highest BCUT2D eigenvalue weighted by molar-refractivity contribution is 7.89. The first-order valence-corrected chi connectivity index (χ1v) is 10.1. The van der Waals surface area contributed by atoms with Crippen LogP contribution in [-0.4, -0.2) is 34.2 Å². The number of hydrogen-bond donors (Lipinski definition) is 1. The maximum absolute atomic E-state index is 12.9. The van der Waals surface area contributed by atoms with Gasteiger partial charge in [-0.3, -0.25) is 0 Å². The Morgan fingerprint density at radius 2 is 1.81 bits per heavy atom. The Hall–Kier alpha value is -2.84. The lowest BCUT2D eigenvalue weighted by Crippen LogP contribution is -2.37. The number of sulfonamides is 1. The monoisotopic (exact) mass is 381 g/mol. The van der Waals surface area contributed by atoms with E-state index < -0.39 is 10.0 Å². The number of anilines is 2. The zero-order valence-electron chi connectivity index (χ0n) is 14.8. The van der Waals surface area contributed by atoms with E-state index in [4.69, 9.17) is 0 Å². The van der Waals surface area contributed by atoms with Gasteiger partial charge in [0.2, 0.25) is 10.0 Å². The van der Waals surface area contributed by atoms with E-state index in [9.17, 15) is 8.42 Å². The summed E-state index contributed by atoms with van der Waals surface area (Å²) >= 11 is 0. The smallest absolute Gasteiger partial charge is 0.243 e. The fourth-order valence-electron chi connectivity index (χ4n) is 3.14. The molecule has 0 spiro atoms. The molecule has 0 radical (unpaired) electrons.